The van der Waals surface area contributed by atoms with Crippen molar-refractivity contribution >= 4 is 54.4 Å². The van der Waals surface area contributed by atoms with Crippen LogP contribution in [0.5, 0.6) is 0 Å². The largest absolute Gasteiger partial charge is 0.280 e. The summed E-state index contributed by atoms with van der Waals surface area (Å²) in [5.74, 6) is 0. The Bertz CT molecular complexity index is 1260. The van der Waals surface area contributed by atoms with Crippen LogP contribution >= 0.6 is 22.9 Å². The first kappa shape index (κ1) is 20.2. The first-order valence-electron chi connectivity index (χ1n) is 8.75. The van der Waals surface area contributed by atoms with Gasteiger partial charge in [0.2, 0.25) is 0 Å². The summed E-state index contributed by atoms with van der Waals surface area (Å²) in [4.78, 5) is 0.0331. The molecule has 2 heterocycles. The highest BCUT2D eigenvalue weighted by Gasteiger charge is 2.30. The van der Waals surface area contributed by atoms with Crippen LogP contribution in [-0.2, 0) is 26.5 Å². The van der Waals surface area contributed by atoms with Gasteiger partial charge in [0.25, 0.3) is 20.0 Å². The number of hydrogen-bond acceptors (Lipinski definition) is 5. The van der Waals surface area contributed by atoms with Gasteiger partial charge in [0, 0.05) is 11.6 Å². The van der Waals surface area contributed by atoms with E-state index >= 15 is 0 Å². The molecule has 1 aromatic heterocycles. The van der Waals surface area contributed by atoms with Crippen molar-refractivity contribution in [3.05, 3.63) is 70.6 Å². The van der Waals surface area contributed by atoms with Crippen molar-refractivity contribution in [3.63, 3.8) is 0 Å². The van der Waals surface area contributed by atoms with Gasteiger partial charge < -0.3 is 0 Å². The molecule has 29 heavy (non-hydrogen) atoms. The highest BCUT2D eigenvalue weighted by atomic mass is 35.5. The molecule has 1 aliphatic heterocycles. The van der Waals surface area contributed by atoms with Gasteiger partial charge in [-0.3, -0.25) is 9.03 Å². The second-order valence-electron chi connectivity index (χ2n) is 6.52. The third kappa shape index (κ3) is 4.00. The lowest BCUT2D eigenvalue weighted by Gasteiger charge is -2.30. The molecule has 0 radical (unpaired) electrons. The molecule has 3 aromatic rings. The van der Waals surface area contributed by atoms with Crippen LogP contribution in [0.2, 0.25) is 5.02 Å². The number of sulfonamides is 2. The molecule has 10 heteroatoms. The first-order valence-corrected chi connectivity index (χ1v) is 12.9. The van der Waals surface area contributed by atoms with Crippen LogP contribution in [0.15, 0.2) is 69.1 Å². The molecule has 1 N–H and O–H groups in total. The Morgan fingerprint density at radius 3 is 2.55 bits per heavy atom. The number of hydrogen-bond donors (Lipinski definition) is 1. The molecular formula is C19H17ClN2O4S3. The number of aryl methyl sites for hydroxylation is 1. The quantitative estimate of drug-likeness (QED) is 0.603. The fraction of sp³-hybridized carbons (Fsp3) is 0.158. The van der Waals surface area contributed by atoms with Crippen LogP contribution in [-0.4, -0.2) is 23.4 Å². The highest BCUT2D eigenvalue weighted by Crippen LogP contribution is 2.35. The summed E-state index contributed by atoms with van der Waals surface area (Å²) in [7, 11) is -7.55. The molecule has 0 aliphatic carbocycles. The third-order valence-electron chi connectivity index (χ3n) is 4.56. The summed E-state index contributed by atoms with van der Waals surface area (Å²) in [5.41, 5.74) is 1.65. The smallest absolute Gasteiger partial charge is 0.273 e. The van der Waals surface area contributed by atoms with Crippen LogP contribution in [0.4, 0.5) is 11.4 Å². The molecule has 6 nitrogen and oxygen atoms in total. The molecule has 0 unspecified atom stereocenters. The van der Waals surface area contributed by atoms with Crippen LogP contribution in [0.3, 0.4) is 0 Å². The van der Waals surface area contributed by atoms with Crippen LogP contribution < -0.4 is 9.03 Å². The Hall–Kier alpha value is -2.07. The highest BCUT2D eigenvalue weighted by molar-refractivity contribution is 7.94. The molecule has 0 atom stereocenters. The van der Waals surface area contributed by atoms with Gasteiger partial charge in [0.15, 0.2) is 0 Å². The number of nitrogens with zero attached hydrogens (tertiary/aromatic N) is 1. The minimum Gasteiger partial charge on any atom is -0.280 e. The van der Waals surface area contributed by atoms with E-state index in [1.807, 2.05) is 0 Å². The van der Waals surface area contributed by atoms with Crippen molar-refractivity contribution in [2.45, 2.75) is 21.9 Å². The Morgan fingerprint density at radius 1 is 1.00 bits per heavy atom. The molecule has 0 bridgehead atoms. The molecule has 0 amide bonds. The van der Waals surface area contributed by atoms with Gasteiger partial charge in [0.05, 0.1) is 16.3 Å². The van der Waals surface area contributed by atoms with Crippen molar-refractivity contribution in [3.8, 4) is 0 Å². The second kappa shape index (κ2) is 7.64. The predicted molar refractivity (Wildman–Crippen MR) is 116 cm³/mol. The number of benzene rings is 2. The minimum atomic E-state index is -3.86. The van der Waals surface area contributed by atoms with E-state index < -0.39 is 20.0 Å². The molecule has 0 fully saturated rings. The standard InChI is InChI=1S/C19H17ClN2O4S3/c20-15-5-1-6-17(12-15)28(23,24)21-16-9-8-14-4-2-10-22(18(14)13-16)29(25,26)19-7-3-11-27-19/h1,3,5-9,11-13,21H,2,4,10H2. The third-order valence-corrected chi connectivity index (χ3v) is 9.36. The maximum absolute atomic E-state index is 13.0. The Balaban J connectivity index is 1.71. The molecule has 0 saturated carbocycles. The Morgan fingerprint density at radius 2 is 1.83 bits per heavy atom. The zero-order valence-electron chi connectivity index (χ0n) is 15.1. The summed E-state index contributed by atoms with van der Waals surface area (Å²) in [6.07, 6.45) is 1.43. The van der Waals surface area contributed by atoms with Crippen LogP contribution in [0.25, 0.3) is 0 Å². The van der Waals surface area contributed by atoms with Crippen LogP contribution in [0, 0.1) is 0 Å². The van der Waals surface area contributed by atoms with Crippen molar-refractivity contribution in [1.29, 1.82) is 0 Å². The predicted octanol–water partition coefficient (Wildman–Crippen LogP) is 4.34. The summed E-state index contributed by atoms with van der Waals surface area (Å²) in [6.45, 7) is 0.345. The number of anilines is 2. The summed E-state index contributed by atoms with van der Waals surface area (Å²) < 4.78 is 55.6. The van der Waals surface area contributed by atoms with Crippen molar-refractivity contribution in [2.75, 3.05) is 15.6 Å². The molecule has 1 aliphatic rings. The van der Waals surface area contributed by atoms with E-state index in [4.69, 9.17) is 11.6 Å². The van der Waals surface area contributed by atoms with Crippen LogP contribution in [0.1, 0.15) is 12.0 Å². The van der Waals surface area contributed by atoms with Gasteiger partial charge in [-0.15, -0.1) is 11.3 Å². The number of halogens is 1. The van der Waals surface area contributed by atoms with Crippen molar-refractivity contribution in [2.24, 2.45) is 0 Å². The molecule has 4 rings (SSSR count). The van der Waals surface area contributed by atoms with E-state index in [2.05, 4.69) is 4.72 Å². The first-order chi connectivity index (χ1) is 13.8. The van der Waals surface area contributed by atoms with E-state index in [0.717, 1.165) is 23.3 Å². The van der Waals surface area contributed by atoms with Gasteiger partial charge >= 0.3 is 0 Å². The number of rotatable bonds is 5. The second-order valence-corrected chi connectivity index (χ2v) is 11.7. The fourth-order valence-electron chi connectivity index (χ4n) is 3.22. The SMILES string of the molecule is O=S(=O)(Nc1ccc2c(c1)N(S(=O)(=O)c1cccs1)CCC2)c1cccc(Cl)c1. The van der Waals surface area contributed by atoms with E-state index in [9.17, 15) is 16.8 Å². The van der Waals surface area contributed by atoms with E-state index in [0.29, 0.717) is 23.7 Å². The zero-order valence-corrected chi connectivity index (χ0v) is 18.3. The van der Waals surface area contributed by atoms with Gasteiger partial charge in [-0.05, 0) is 60.2 Å². The number of thiophene rings is 1. The Kier molecular flexibility index (Phi) is 5.32. The fourth-order valence-corrected chi connectivity index (χ4v) is 7.21. The number of nitrogens with one attached hydrogen (secondary N) is 1. The van der Waals surface area contributed by atoms with E-state index in [1.54, 1.807) is 47.8 Å². The lowest BCUT2D eigenvalue weighted by atomic mass is 10.0. The summed E-state index contributed by atoms with van der Waals surface area (Å²) in [6, 6.07) is 14.2. The summed E-state index contributed by atoms with van der Waals surface area (Å²) >= 11 is 7.06. The monoisotopic (exact) mass is 468 g/mol. The minimum absolute atomic E-state index is 0.0331. The molecular weight excluding hydrogens is 452 g/mol. The van der Waals surface area contributed by atoms with Gasteiger partial charge in [-0.2, -0.15) is 0 Å². The van der Waals surface area contributed by atoms with Crippen molar-refractivity contribution in [1.82, 2.24) is 0 Å². The van der Waals surface area contributed by atoms with E-state index in [1.165, 1.54) is 16.4 Å². The van der Waals surface area contributed by atoms with Gasteiger partial charge in [-0.1, -0.05) is 29.8 Å². The Labute approximate surface area is 178 Å². The molecule has 152 valence electrons. The van der Waals surface area contributed by atoms with Gasteiger partial charge in [-0.25, -0.2) is 16.8 Å². The average molecular weight is 469 g/mol. The zero-order chi connectivity index (χ0) is 20.6. The van der Waals surface area contributed by atoms with Gasteiger partial charge in [0.1, 0.15) is 4.21 Å². The lowest BCUT2D eigenvalue weighted by Crippen LogP contribution is -2.35. The van der Waals surface area contributed by atoms with E-state index in [-0.39, 0.29) is 14.8 Å². The lowest BCUT2D eigenvalue weighted by molar-refractivity contribution is 0.588. The maximum Gasteiger partial charge on any atom is 0.273 e. The molecule has 2 aromatic carbocycles. The molecule has 0 saturated heterocycles. The number of fused-ring (bicyclic) bond motifs is 1. The topological polar surface area (TPSA) is 83.6 Å². The maximum atomic E-state index is 13.0. The van der Waals surface area contributed by atoms with Crippen molar-refractivity contribution < 1.29 is 16.8 Å². The summed E-state index contributed by atoms with van der Waals surface area (Å²) in [5, 5.41) is 2.03. The normalized spacial score (nSPS) is 14.4. The average Bonchev–Trinajstić information content (AvgIpc) is 3.23. The molecule has 0 spiro atoms.